The van der Waals surface area contributed by atoms with E-state index in [0.29, 0.717) is 33.8 Å². The minimum absolute atomic E-state index is 0. The largest absolute Gasteiger partial charge is 0.285 e. The molecule has 4 heterocycles. The Bertz CT molecular complexity index is 4850. The predicted molar refractivity (Wildman–Crippen MR) is 459 cm³/mol. The molecular formula is C96H80N4O12S4. The molecule has 580 valence electrons. The topological polar surface area (TPSA) is 208 Å². The Hall–Kier alpha value is -12.3. The summed E-state index contributed by atoms with van der Waals surface area (Å²) in [5.41, 5.74) is 13.4. The van der Waals surface area contributed by atoms with Crippen molar-refractivity contribution in [2.24, 2.45) is 0 Å². The summed E-state index contributed by atoms with van der Waals surface area (Å²) in [4.78, 5) is 106. The van der Waals surface area contributed by atoms with Crippen LogP contribution in [0.4, 0.5) is 0 Å². The van der Waals surface area contributed by atoms with Crippen LogP contribution in [0.1, 0.15) is 140 Å². The van der Waals surface area contributed by atoms with Gasteiger partial charge in [-0.05, 0) is 104 Å². The van der Waals surface area contributed by atoms with E-state index in [2.05, 4.69) is 176 Å². The number of thioether (sulfide) groups is 3. The van der Waals surface area contributed by atoms with Gasteiger partial charge in [-0.3, -0.25) is 58.4 Å². The second-order valence-electron chi connectivity index (χ2n) is 26.1. The van der Waals surface area contributed by atoms with Gasteiger partial charge in [0.25, 0.3) is 47.3 Å². The highest BCUT2D eigenvalue weighted by Crippen LogP contribution is 2.51. The van der Waals surface area contributed by atoms with Crippen molar-refractivity contribution in [2.45, 2.75) is 21.7 Å². The van der Waals surface area contributed by atoms with Crippen molar-refractivity contribution in [1.29, 1.82) is 0 Å². The standard InChI is InChI=1S/2C29H23NO3S.C21H20S2.2C8H5NO3.CH4/c2*31-27-25-18-10-11-19-26(25)28(32)30(27)33-20-21-34-29(22-12-4-1-5-13-22,23-14-6-2-7-15-23)24-16-8-3-9-17-24;22-16-17-23-21(18-10-4-1-5-11-18,19-12-6-2-7-13-19)20-14-8-3-9-15-20;2*10-7-5-3-1-2-4-6(5)8(11)9(7)12;/h2*1-19H,20-21H2;1-15,22H,16-17H2;2*1-4,12H;1H4. The number of rotatable bonds is 22. The van der Waals surface area contributed by atoms with E-state index in [0.717, 1.165) is 55.0 Å². The van der Waals surface area contributed by atoms with E-state index in [1.54, 1.807) is 96.3 Å². The molecular weight excluding hydrogens is 1530 g/mol. The Morgan fingerprint density at radius 2 is 0.379 bits per heavy atom. The smallest absolute Gasteiger partial charge is 0.278 e. The van der Waals surface area contributed by atoms with Gasteiger partial charge >= 0.3 is 0 Å². The molecule has 16 nitrogen and oxygen atoms in total. The Morgan fingerprint density at radius 3 is 0.543 bits per heavy atom. The fourth-order valence-corrected chi connectivity index (χ4v) is 18.4. The van der Waals surface area contributed by atoms with Crippen LogP contribution in [0.2, 0.25) is 0 Å². The average molecular weight is 1610 g/mol. The van der Waals surface area contributed by atoms with Gasteiger partial charge in [-0.25, -0.2) is 0 Å². The van der Waals surface area contributed by atoms with Crippen LogP contribution >= 0.6 is 47.9 Å². The minimum atomic E-state index is -0.657. The van der Waals surface area contributed by atoms with Gasteiger partial charge in [-0.2, -0.15) is 12.6 Å². The van der Waals surface area contributed by atoms with E-state index < -0.39 is 56.8 Å². The van der Waals surface area contributed by atoms with Crippen LogP contribution in [0.15, 0.2) is 370 Å². The van der Waals surface area contributed by atoms with Gasteiger partial charge in [0.1, 0.15) is 0 Å². The third-order valence-corrected chi connectivity index (χ3v) is 24.4. The van der Waals surface area contributed by atoms with Crippen LogP contribution in [0, 0.1) is 0 Å². The highest BCUT2D eigenvalue weighted by Gasteiger charge is 2.43. The number of imide groups is 4. The van der Waals surface area contributed by atoms with Gasteiger partial charge in [0.15, 0.2) is 0 Å². The monoisotopic (exact) mass is 1610 g/mol. The molecule has 4 aliphatic rings. The molecule has 13 aromatic carbocycles. The number of carbonyl (C=O) groups is 8. The summed E-state index contributed by atoms with van der Waals surface area (Å²) in [5.74, 6) is -1.30. The van der Waals surface area contributed by atoms with Crippen molar-refractivity contribution in [3.63, 3.8) is 0 Å². The quantitative estimate of drug-likeness (QED) is 0.0190. The molecule has 0 bridgehead atoms. The molecule has 0 saturated heterocycles. The van der Waals surface area contributed by atoms with Crippen LogP contribution < -0.4 is 0 Å². The number of fused-ring (bicyclic) bond motifs is 4. The van der Waals surface area contributed by atoms with Gasteiger partial charge in [-0.1, -0.05) is 329 Å². The summed E-state index contributed by atoms with van der Waals surface area (Å²) >= 11 is 9.85. The zero-order valence-corrected chi connectivity index (χ0v) is 65.2. The molecule has 17 rings (SSSR count). The molecule has 0 fully saturated rings. The van der Waals surface area contributed by atoms with Gasteiger partial charge in [-0.15, -0.1) is 55.5 Å². The summed E-state index contributed by atoms with van der Waals surface area (Å²) < 4.78 is -1.16. The van der Waals surface area contributed by atoms with E-state index in [9.17, 15) is 38.4 Å². The first-order valence-corrected chi connectivity index (χ1v) is 40.4. The van der Waals surface area contributed by atoms with Crippen LogP contribution in [0.5, 0.6) is 0 Å². The van der Waals surface area contributed by atoms with Crippen molar-refractivity contribution in [1.82, 2.24) is 20.3 Å². The first kappa shape index (κ1) is 83.1. The fraction of sp³-hybridized carbons (Fsp3) is 0.104. The van der Waals surface area contributed by atoms with Crippen molar-refractivity contribution < 1.29 is 58.4 Å². The summed E-state index contributed by atoms with van der Waals surface area (Å²) in [5, 5.41) is 19.9. The first-order valence-electron chi connectivity index (χ1n) is 36.8. The minimum Gasteiger partial charge on any atom is -0.278 e. The second-order valence-corrected chi connectivity index (χ2v) is 30.5. The number of nitrogens with zero attached hydrogens (tertiary/aromatic N) is 4. The molecule has 2 N–H and O–H groups in total. The zero-order chi connectivity index (χ0) is 80.2. The lowest BCUT2D eigenvalue weighted by molar-refractivity contribution is -0.0855. The molecule has 4 aliphatic heterocycles. The molecule has 0 radical (unpaired) electrons. The first-order chi connectivity index (χ1) is 56.2. The molecule has 0 aromatic heterocycles. The average Bonchev–Trinajstić information content (AvgIpc) is 1.71. The number of thiol groups is 1. The fourth-order valence-electron chi connectivity index (χ4n) is 14.1. The lowest BCUT2D eigenvalue weighted by Crippen LogP contribution is -2.32. The highest BCUT2D eigenvalue weighted by molar-refractivity contribution is 8.01. The van der Waals surface area contributed by atoms with Crippen LogP contribution in [-0.4, -0.2) is 114 Å². The number of amides is 8. The molecule has 13 aromatic rings. The van der Waals surface area contributed by atoms with E-state index >= 15 is 0 Å². The second kappa shape index (κ2) is 39.1. The van der Waals surface area contributed by atoms with Crippen LogP contribution in [-0.2, 0) is 23.9 Å². The summed E-state index contributed by atoms with van der Waals surface area (Å²) in [7, 11) is 0. The van der Waals surface area contributed by atoms with Crippen LogP contribution in [0.25, 0.3) is 0 Å². The molecule has 0 saturated carbocycles. The molecule has 20 heteroatoms. The van der Waals surface area contributed by atoms with Crippen LogP contribution in [0.3, 0.4) is 0 Å². The number of carbonyl (C=O) groups excluding carboxylic acids is 8. The third-order valence-electron chi connectivity index (χ3n) is 19.3. The molecule has 0 aliphatic carbocycles. The Balaban J connectivity index is 0.000000141. The molecule has 0 unspecified atom stereocenters. The summed E-state index contributed by atoms with van der Waals surface area (Å²) in [6.07, 6.45) is 0. The van der Waals surface area contributed by atoms with E-state index in [1.165, 1.54) is 41.0 Å². The summed E-state index contributed by atoms with van der Waals surface area (Å²) in [6, 6.07) is 121. The Labute approximate surface area is 691 Å². The maximum Gasteiger partial charge on any atom is 0.285 e. The maximum atomic E-state index is 12.6. The zero-order valence-electron chi connectivity index (χ0n) is 61.9. The lowest BCUT2D eigenvalue weighted by Gasteiger charge is -2.35. The summed E-state index contributed by atoms with van der Waals surface area (Å²) in [6.45, 7) is 0.425. The number of benzene rings is 13. The van der Waals surface area contributed by atoms with Crippen molar-refractivity contribution >= 4 is 95.2 Å². The normalized spacial score (nSPS) is 13.2. The van der Waals surface area contributed by atoms with Crippen molar-refractivity contribution in [2.75, 3.05) is 36.2 Å². The lowest BCUT2D eigenvalue weighted by atomic mass is 9.84. The van der Waals surface area contributed by atoms with E-state index in [4.69, 9.17) is 20.1 Å². The number of hydroxylamine groups is 8. The highest BCUT2D eigenvalue weighted by atomic mass is 32.2. The number of hydrogen-bond donors (Lipinski definition) is 3. The molecule has 0 spiro atoms. The van der Waals surface area contributed by atoms with E-state index in [1.807, 2.05) is 121 Å². The Morgan fingerprint density at radius 1 is 0.233 bits per heavy atom. The van der Waals surface area contributed by atoms with Gasteiger partial charge in [0, 0.05) is 17.3 Å². The third kappa shape index (κ3) is 17.5. The van der Waals surface area contributed by atoms with Gasteiger partial charge < -0.3 is 0 Å². The SMILES string of the molecule is C.O=C1c2ccccc2C(=O)N1O.O=C1c2ccccc2C(=O)N1O.O=C1c2ccccc2C(=O)N1OCCSC(c1ccccc1)(c1ccccc1)c1ccccc1.O=C1c2ccccc2C(=O)N1OCCSC(c1ccccc1)(c1ccccc1)c1ccccc1.SCCSC(c1ccccc1)(c1ccccc1)c1ccccc1. The van der Waals surface area contributed by atoms with Gasteiger partial charge in [0.2, 0.25) is 0 Å². The number of hydrogen-bond acceptors (Lipinski definition) is 16. The Kier molecular flexibility index (Phi) is 28.0. The molecule has 0 atom stereocenters. The van der Waals surface area contributed by atoms with E-state index in [-0.39, 0.29) is 57.8 Å². The van der Waals surface area contributed by atoms with Crippen molar-refractivity contribution in [3.05, 3.63) is 465 Å². The van der Waals surface area contributed by atoms with Crippen molar-refractivity contribution in [3.8, 4) is 0 Å². The van der Waals surface area contributed by atoms with Gasteiger partial charge in [0.05, 0.1) is 72.0 Å². The predicted octanol–water partition coefficient (Wildman–Crippen LogP) is 19.5. The molecule has 116 heavy (non-hydrogen) atoms. The maximum absolute atomic E-state index is 12.6. The molecule has 8 amide bonds.